The summed E-state index contributed by atoms with van der Waals surface area (Å²) in [6, 6.07) is 0. The van der Waals surface area contributed by atoms with Crippen LogP contribution in [0.3, 0.4) is 0 Å². The Morgan fingerprint density at radius 1 is 1.23 bits per heavy atom. The lowest BCUT2D eigenvalue weighted by Crippen LogP contribution is -2.36. The molecular formula is C23H36ClN3O3. The molecule has 0 atom stereocenters. The van der Waals surface area contributed by atoms with Crippen LogP contribution in [0.15, 0.2) is 76.8 Å². The van der Waals surface area contributed by atoms with E-state index >= 15 is 0 Å². The first-order valence-electron chi connectivity index (χ1n) is 9.68. The van der Waals surface area contributed by atoms with Crippen molar-refractivity contribution in [1.29, 1.82) is 0 Å². The highest BCUT2D eigenvalue weighted by Crippen LogP contribution is 2.32. The van der Waals surface area contributed by atoms with E-state index in [1.807, 2.05) is 39.5 Å². The molecule has 0 aromatic heterocycles. The molecule has 30 heavy (non-hydrogen) atoms. The zero-order valence-corrected chi connectivity index (χ0v) is 20.2. The molecule has 0 aromatic carbocycles. The van der Waals surface area contributed by atoms with Crippen LogP contribution in [0.2, 0.25) is 0 Å². The summed E-state index contributed by atoms with van der Waals surface area (Å²) in [6.45, 7) is 26.0. The zero-order valence-electron chi connectivity index (χ0n) is 19.4. The van der Waals surface area contributed by atoms with Gasteiger partial charge in [0.25, 0.3) is 0 Å². The molecule has 0 saturated carbocycles. The maximum absolute atomic E-state index is 6.31. The third-order valence-electron chi connectivity index (χ3n) is 3.80. The predicted octanol–water partition coefficient (Wildman–Crippen LogP) is 5.57. The lowest BCUT2D eigenvalue weighted by Gasteiger charge is -2.36. The summed E-state index contributed by atoms with van der Waals surface area (Å²) >= 11 is 5.97. The van der Waals surface area contributed by atoms with Gasteiger partial charge in [0, 0.05) is 13.0 Å². The van der Waals surface area contributed by atoms with E-state index in [9.17, 15) is 0 Å². The average molecular weight is 438 g/mol. The number of allylic oxidation sites excluding steroid dienone is 2. The number of aliphatic imine (C=N–C) groups is 1. The number of nitrogens with zero attached hydrogens (tertiary/aromatic N) is 2. The Morgan fingerprint density at radius 3 is 2.20 bits per heavy atom. The maximum Gasteiger partial charge on any atom is 0.186 e. The molecule has 0 fully saturated rings. The Kier molecular flexibility index (Phi) is 11.1. The Labute approximate surface area is 186 Å². The number of hydrogen-bond acceptors (Lipinski definition) is 5. The van der Waals surface area contributed by atoms with E-state index in [0.29, 0.717) is 41.6 Å². The van der Waals surface area contributed by atoms with Crippen molar-refractivity contribution in [1.82, 2.24) is 4.90 Å². The number of nitrogens with two attached hydrogens (primary N) is 1. The van der Waals surface area contributed by atoms with Gasteiger partial charge in [0.1, 0.15) is 22.9 Å². The van der Waals surface area contributed by atoms with Gasteiger partial charge in [0.2, 0.25) is 0 Å². The molecule has 1 aliphatic heterocycles. The van der Waals surface area contributed by atoms with Crippen molar-refractivity contribution >= 4 is 17.4 Å². The van der Waals surface area contributed by atoms with Crippen LogP contribution in [0.25, 0.3) is 0 Å². The summed E-state index contributed by atoms with van der Waals surface area (Å²) in [7, 11) is 3.05. The molecule has 1 aliphatic rings. The van der Waals surface area contributed by atoms with E-state index in [0.717, 1.165) is 0 Å². The van der Waals surface area contributed by atoms with Gasteiger partial charge in [0.15, 0.2) is 11.6 Å². The quantitative estimate of drug-likeness (QED) is 0.232. The smallest absolute Gasteiger partial charge is 0.186 e. The molecule has 7 heteroatoms. The van der Waals surface area contributed by atoms with E-state index in [4.69, 9.17) is 31.5 Å². The Morgan fingerprint density at radius 2 is 1.80 bits per heavy atom. The molecule has 0 bridgehead atoms. The number of halogens is 1. The maximum atomic E-state index is 6.31. The molecule has 168 valence electrons. The molecule has 6 nitrogen and oxygen atoms in total. The van der Waals surface area contributed by atoms with Crippen molar-refractivity contribution in [3.8, 4) is 0 Å². The van der Waals surface area contributed by atoms with Gasteiger partial charge in [-0.1, -0.05) is 45.2 Å². The molecule has 0 amide bonds. The molecule has 1 rings (SSSR count). The van der Waals surface area contributed by atoms with Gasteiger partial charge in [-0.05, 0) is 33.4 Å². The topological polar surface area (TPSA) is 69.3 Å². The van der Waals surface area contributed by atoms with Crippen molar-refractivity contribution in [3.05, 3.63) is 71.8 Å². The first-order chi connectivity index (χ1) is 14.0. The fourth-order valence-electron chi connectivity index (χ4n) is 2.68. The van der Waals surface area contributed by atoms with Crippen LogP contribution in [0.5, 0.6) is 0 Å². The lowest BCUT2D eigenvalue weighted by atomic mass is 10.0. The summed E-state index contributed by atoms with van der Waals surface area (Å²) in [5.41, 5.74) is 7.39. The first-order valence-corrected chi connectivity index (χ1v) is 10.1. The number of rotatable bonds is 8. The molecule has 0 saturated heterocycles. The highest BCUT2D eigenvalue weighted by atomic mass is 35.5. The molecular weight excluding hydrogens is 402 g/mol. The highest BCUT2D eigenvalue weighted by molar-refractivity contribution is 6.31. The van der Waals surface area contributed by atoms with Crippen molar-refractivity contribution in [2.45, 2.75) is 46.6 Å². The normalized spacial score (nSPS) is 15.5. The standard InChI is InChI=1S/C21H30ClN3O3.C2H6/c1-10-16(19(27-9)13(2)22)24-20(23)18-14(3)25(12-11-17(18)26-8)15(4)28-21(5,6)7;1-2/h10H,1-4,11-12H2,5-9H3,(H2,23,24);1-2H3/b19-16-;. The fourth-order valence-corrected chi connectivity index (χ4v) is 2.85. The molecule has 0 radical (unpaired) electrons. The fraction of sp³-hybridized carbons (Fsp3) is 0.435. The minimum atomic E-state index is -0.394. The number of ether oxygens (including phenoxy) is 3. The van der Waals surface area contributed by atoms with Crippen LogP contribution in [0.1, 0.15) is 41.0 Å². The molecule has 2 N–H and O–H groups in total. The van der Waals surface area contributed by atoms with Crippen LogP contribution in [0, 0.1) is 0 Å². The SMILES string of the molecule is C=C/C(N=C(N)C1=C(OC)CCN(C(=C)OC(C)(C)C)C1=C)=C(/OC)C(=C)Cl.CC. The Bertz CT molecular complexity index is 771. The van der Waals surface area contributed by atoms with Crippen molar-refractivity contribution in [3.63, 3.8) is 0 Å². The summed E-state index contributed by atoms with van der Waals surface area (Å²) in [5.74, 6) is 1.60. The Balaban J connectivity index is 0.00000407. The Hall–Kier alpha value is -2.60. The average Bonchev–Trinajstić information content (AvgIpc) is 2.66. The van der Waals surface area contributed by atoms with Gasteiger partial charge in [-0.3, -0.25) is 0 Å². The van der Waals surface area contributed by atoms with Crippen molar-refractivity contribution in [2.75, 3.05) is 20.8 Å². The second kappa shape index (κ2) is 12.2. The van der Waals surface area contributed by atoms with Crippen LogP contribution in [0.4, 0.5) is 0 Å². The van der Waals surface area contributed by atoms with Crippen LogP contribution >= 0.6 is 11.6 Å². The second-order valence-corrected chi connectivity index (χ2v) is 7.44. The van der Waals surface area contributed by atoms with Crippen molar-refractivity contribution in [2.24, 2.45) is 10.7 Å². The summed E-state index contributed by atoms with van der Waals surface area (Å²) in [5, 5.41) is 0.186. The van der Waals surface area contributed by atoms with Gasteiger partial charge in [-0.25, -0.2) is 4.99 Å². The largest absolute Gasteiger partial charge is 0.500 e. The van der Waals surface area contributed by atoms with Gasteiger partial charge < -0.3 is 24.8 Å². The van der Waals surface area contributed by atoms with Gasteiger partial charge in [0.05, 0.1) is 30.5 Å². The zero-order chi connectivity index (χ0) is 23.6. The van der Waals surface area contributed by atoms with E-state index in [-0.39, 0.29) is 16.6 Å². The van der Waals surface area contributed by atoms with E-state index in [1.54, 1.807) is 7.11 Å². The molecule has 0 aromatic rings. The molecule has 0 aliphatic carbocycles. The van der Waals surface area contributed by atoms with Crippen LogP contribution in [-0.4, -0.2) is 37.1 Å². The number of amidine groups is 1. The van der Waals surface area contributed by atoms with Crippen LogP contribution in [-0.2, 0) is 14.2 Å². The van der Waals surface area contributed by atoms with Crippen LogP contribution < -0.4 is 5.73 Å². The van der Waals surface area contributed by atoms with Gasteiger partial charge in [-0.2, -0.15) is 0 Å². The minimum absolute atomic E-state index is 0.178. The third kappa shape index (κ3) is 7.34. The first kappa shape index (κ1) is 27.4. The summed E-state index contributed by atoms with van der Waals surface area (Å²) in [4.78, 5) is 6.27. The number of hydrogen-bond donors (Lipinski definition) is 1. The highest BCUT2D eigenvalue weighted by Gasteiger charge is 2.29. The minimum Gasteiger partial charge on any atom is -0.500 e. The third-order valence-corrected chi connectivity index (χ3v) is 3.97. The number of methoxy groups -OCH3 is 2. The summed E-state index contributed by atoms with van der Waals surface area (Å²) < 4.78 is 16.7. The molecule has 1 heterocycles. The molecule has 0 spiro atoms. The van der Waals surface area contributed by atoms with Gasteiger partial charge >= 0.3 is 0 Å². The van der Waals surface area contributed by atoms with E-state index in [1.165, 1.54) is 13.2 Å². The van der Waals surface area contributed by atoms with Gasteiger partial charge in [-0.15, -0.1) is 0 Å². The van der Waals surface area contributed by atoms with E-state index < -0.39 is 5.60 Å². The predicted molar refractivity (Wildman–Crippen MR) is 127 cm³/mol. The monoisotopic (exact) mass is 437 g/mol. The molecule has 0 unspecified atom stereocenters. The lowest BCUT2D eigenvalue weighted by molar-refractivity contribution is 0.0106. The van der Waals surface area contributed by atoms with Crippen molar-refractivity contribution < 1.29 is 14.2 Å². The second-order valence-electron chi connectivity index (χ2n) is 6.98. The summed E-state index contributed by atoms with van der Waals surface area (Å²) in [6.07, 6.45) is 2.07. The van der Waals surface area contributed by atoms with E-state index in [2.05, 4.69) is 31.3 Å².